The number of aryl methyl sites for hydroxylation is 1. The smallest absolute Gasteiger partial charge is 0.288 e. The fourth-order valence-corrected chi connectivity index (χ4v) is 1.59. The van der Waals surface area contributed by atoms with Crippen LogP contribution in [0.15, 0.2) is 23.3 Å². The molecule has 1 aromatic heterocycles. The van der Waals surface area contributed by atoms with Crippen LogP contribution in [-0.2, 0) is 7.05 Å². The van der Waals surface area contributed by atoms with E-state index in [-0.39, 0.29) is 21.7 Å². The first-order valence-corrected chi connectivity index (χ1v) is 4.68. The van der Waals surface area contributed by atoms with Gasteiger partial charge < -0.3 is 4.57 Å². The number of rotatable bonds is 1. The molecule has 82 valence electrons. The second-order valence-corrected chi connectivity index (χ2v) is 3.65. The third-order valence-electron chi connectivity index (χ3n) is 2.18. The second kappa shape index (κ2) is 3.57. The number of benzene rings is 1. The SMILES string of the molecule is Cn1cnc2cc(Cl)c([N+](=O)[O-])cc2c1=O. The summed E-state index contributed by atoms with van der Waals surface area (Å²) in [5.41, 5.74) is -0.289. The number of halogens is 1. The quantitative estimate of drug-likeness (QED) is 0.558. The van der Waals surface area contributed by atoms with Crippen LogP contribution in [0.3, 0.4) is 0 Å². The molecule has 1 aromatic carbocycles. The first-order valence-electron chi connectivity index (χ1n) is 4.30. The summed E-state index contributed by atoms with van der Waals surface area (Å²) >= 11 is 5.70. The lowest BCUT2D eigenvalue weighted by Gasteiger charge is -2.01. The van der Waals surface area contributed by atoms with E-state index in [1.165, 1.54) is 24.0 Å². The van der Waals surface area contributed by atoms with E-state index < -0.39 is 4.92 Å². The average molecular weight is 240 g/mol. The van der Waals surface area contributed by atoms with Crippen LogP contribution >= 0.6 is 11.6 Å². The Morgan fingerprint density at radius 2 is 2.19 bits per heavy atom. The van der Waals surface area contributed by atoms with E-state index in [4.69, 9.17) is 11.6 Å². The van der Waals surface area contributed by atoms with E-state index in [0.717, 1.165) is 6.07 Å². The zero-order valence-electron chi connectivity index (χ0n) is 8.18. The van der Waals surface area contributed by atoms with Crippen LogP contribution in [0.2, 0.25) is 5.02 Å². The molecule has 0 saturated carbocycles. The van der Waals surface area contributed by atoms with Gasteiger partial charge in [-0.15, -0.1) is 0 Å². The molecule has 0 radical (unpaired) electrons. The molecular formula is C9H6ClN3O3. The van der Waals surface area contributed by atoms with Gasteiger partial charge in [0, 0.05) is 13.1 Å². The predicted molar refractivity (Wildman–Crippen MR) is 58.6 cm³/mol. The van der Waals surface area contributed by atoms with E-state index in [0.29, 0.717) is 5.52 Å². The van der Waals surface area contributed by atoms with Crippen molar-refractivity contribution in [3.05, 3.63) is 44.0 Å². The molecule has 2 rings (SSSR count). The van der Waals surface area contributed by atoms with Crippen molar-refractivity contribution in [3.8, 4) is 0 Å². The van der Waals surface area contributed by atoms with E-state index in [1.807, 2.05) is 0 Å². The molecule has 0 spiro atoms. The Balaban J connectivity index is 2.92. The van der Waals surface area contributed by atoms with Crippen molar-refractivity contribution in [1.29, 1.82) is 0 Å². The molecule has 0 aliphatic carbocycles. The van der Waals surface area contributed by atoms with Gasteiger partial charge in [-0.05, 0) is 6.07 Å². The number of nitro benzene ring substituents is 1. The molecule has 0 amide bonds. The number of hydrogen-bond acceptors (Lipinski definition) is 4. The molecule has 0 aliphatic heterocycles. The molecule has 6 nitrogen and oxygen atoms in total. The molecule has 0 saturated heterocycles. The number of nitro groups is 1. The molecule has 0 unspecified atom stereocenters. The zero-order valence-corrected chi connectivity index (χ0v) is 8.93. The summed E-state index contributed by atoms with van der Waals surface area (Å²) in [6, 6.07) is 2.46. The summed E-state index contributed by atoms with van der Waals surface area (Å²) in [4.78, 5) is 25.7. The molecule has 0 N–H and O–H groups in total. The molecule has 1 heterocycles. The maximum absolute atomic E-state index is 11.7. The monoisotopic (exact) mass is 239 g/mol. The zero-order chi connectivity index (χ0) is 11.9. The molecule has 0 bridgehead atoms. The van der Waals surface area contributed by atoms with Gasteiger partial charge in [0.2, 0.25) is 0 Å². The van der Waals surface area contributed by atoms with Gasteiger partial charge in [0.15, 0.2) is 0 Å². The van der Waals surface area contributed by atoms with Gasteiger partial charge in [-0.3, -0.25) is 14.9 Å². The summed E-state index contributed by atoms with van der Waals surface area (Å²) in [6.45, 7) is 0. The molecular weight excluding hydrogens is 234 g/mol. The number of fused-ring (bicyclic) bond motifs is 1. The highest BCUT2D eigenvalue weighted by Gasteiger charge is 2.15. The molecule has 16 heavy (non-hydrogen) atoms. The standard InChI is InChI=1S/C9H6ClN3O3/c1-12-4-11-7-3-6(10)8(13(15)16)2-5(7)9(12)14/h2-4H,1H3. The van der Waals surface area contributed by atoms with Crippen molar-refractivity contribution >= 4 is 28.2 Å². The van der Waals surface area contributed by atoms with Crippen LogP contribution in [0.25, 0.3) is 10.9 Å². The van der Waals surface area contributed by atoms with Crippen LogP contribution in [0.4, 0.5) is 5.69 Å². The predicted octanol–water partition coefficient (Wildman–Crippen LogP) is 1.50. The van der Waals surface area contributed by atoms with Crippen LogP contribution in [-0.4, -0.2) is 14.5 Å². The van der Waals surface area contributed by atoms with Gasteiger partial charge in [-0.1, -0.05) is 11.6 Å². The van der Waals surface area contributed by atoms with Crippen molar-refractivity contribution in [2.75, 3.05) is 0 Å². The molecule has 7 heteroatoms. The maximum atomic E-state index is 11.7. The van der Waals surface area contributed by atoms with Gasteiger partial charge in [-0.2, -0.15) is 0 Å². The highest BCUT2D eigenvalue weighted by molar-refractivity contribution is 6.33. The van der Waals surface area contributed by atoms with Crippen molar-refractivity contribution in [1.82, 2.24) is 9.55 Å². The van der Waals surface area contributed by atoms with Gasteiger partial charge in [-0.25, -0.2) is 4.98 Å². The van der Waals surface area contributed by atoms with Crippen LogP contribution < -0.4 is 5.56 Å². The largest absolute Gasteiger partial charge is 0.302 e. The molecule has 0 aliphatic rings. The van der Waals surface area contributed by atoms with Crippen LogP contribution in [0, 0.1) is 10.1 Å². The minimum absolute atomic E-state index is 0.0294. The minimum atomic E-state index is -0.631. The Hall–Kier alpha value is -1.95. The minimum Gasteiger partial charge on any atom is -0.302 e. The van der Waals surface area contributed by atoms with E-state index in [9.17, 15) is 14.9 Å². The van der Waals surface area contributed by atoms with Crippen LogP contribution in [0.1, 0.15) is 0 Å². The Morgan fingerprint density at radius 1 is 1.50 bits per heavy atom. The molecule has 2 aromatic rings. The average Bonchev–Trinajstić information content (AvgIpc) is 2.23. The fraction of sp³-hybridized carbons (Fsp3) is 0.111. The van der Waals surface area contributed by atoms with E-state index in [1.54, 1.807) is 0 Å². The van der Waals surface area contributed by atoms with Crippen molar-refractivity contribution in [3.63, 3.8) is 0 Å². The maximum Gasteiger partial charge on any atom is 0.288 e. The Labute approximate surface area is 94.2 Å². The lowest BCUT2D eigenvalue weighted by Crippen LogP contribution is -2.17. The second-order valence-electron chi connectivity index (χ2n) is 3.24. The summed E-state index contributed by atoms with van der Waals surface area (Å²) in [7, 11) is 1.52. The number of hydrogen-bond donors (Lipinski definition) is 0. The van der Waals surface area contributed by atoms with E-state index >= 15 is 0 Å². The highest BCUT2D eigenvalue weighted by Crippen LogP contribution is 2.27. The number of nitrogens with zero attached hydrogens (tertiary/aromatic N) is 3. The fourth-order valence-electron chi connectivity index (χ4n) is 1.36. The molecule has 0 atom stereocenters. The van der Waals surface area contributed by atoms with Gasteiger partial charge >= 0.3 is 0 Å². The Kier molecular flexibility index (Phi) is 2.35. The highest BCUT2D eigenvalue weighted by atomic mass is 35.5. The third-order valence-corrected chi connectivity index (χ3v) is 2.49. The normalized spacial score (nSPS) is 10.6. The first-order chi connectivity index (χ1) is 7.50. The Bertz CT molecular complexity index is 650. The van der Waals surface area contributed by atoms with Crippen LogP contribution in [0.5, 0.6) is 0 Å². The number of aromatic nitrogens is 2. The topological polar surface area (TPSA) is 78.0 Å². The summed E-state index contributed by atoms with van der Waals surface area (Å²) in [6.07, 6.45) is 1.34. The first kappa shape index (κ1) is 10.6. The van der Waals surface area contributed by atoms with Crippen molar-refractivity contribution in [2.24, 2.45) is 7.05 Å². The van der Waals surface area contributed by atoms with Gasteiger partial charge in [0.25, 0.3) is 11.2 Å². The van der Waals surface area contributed by atoms with Crippen molar-refractivity contribution in [2.45, 2.75) is 0 Å². The Morgan fingerprint density at radius 3 is 2.81 bits per heavy atom. The molecule has 0 fully saturated rings. The third kappa shape index (κ3) is 1.53. The van der Waals surface area contributed by atoms with Gasteiger partial charge in [0.1, 0.15) is 5.02 Å². The van der Waals surface area contributed by atoms with Gasteiger partial charge in [0.05, 0.1) is 22.2 Å². The summed E-state index contributed by atoms with van der Waals surface area (Å²) < 4.78 is 1.25. The summed E-state index contributed by atoms with van der Waals surface area (Å²) in [5, 5.41) is 10.8. The lowest BCUT2D eigenvalue weighted by atomic mass is 10.2. The van der Waals surface area contributed by atoms with Crippen molar-refractivity contribution < 1.29 is 4.92 Å². The van der Waals surface area contributed by atoms with E-state index in [2.05, 4.69) is 4.98 Å². The summed E-state index contributed by atoms with van der Waals surface area (Å²) in [5.74, 6) is 0. The lowest BCUT2D eigenvalue weighted by molar-refractivity contribution is -0.384.